The predicted octanol–water partition coefficient (Wildman–Crippen LogP) is -0.184. The van der Waals surface area contributed by atoms with E-state index in [2.05, 4.69) is 15.5 Å². The van der Waals surface area contributed by atoms with E-state index in [1.54, 1.807) is 0 Å². The van der Waals surface area contributed by atoms with Gasteiger partial charge in [0.15, 0.2) is 10.0 Å². The Balaban J connectivity index is 1.61. The van der Waals surface area contributed by atoms with E-state index in [9.17, 15) is 14.7 Å². The summed E-state index contributed by atoms with van der Waals surface area (Å²) in [5.41, 5.74) is -0.0417. The lowest BCUT2D eigenvalue weighted by Gasteiger charge is -2.48. The third kappa shape index (κ3) is 1.94. The fourth-order valence-electron chi connectivity index (χ4n) is 2.99. The number of aryl methyl sites for hydroxylation is 1. The average molecular weight is 340 g/mol. The van der Waals surface area contributed by atoms with Crippen molar-refractivity contribution in [2.45, 2.75) is 29.5 Å². The van der Waals surface area contributed by atoms with Gasteiger partial charge in [-0.2, -0.15) is 0 Å². The average Bonchev–Trinajstić information content (AvgIpc) is 3.07. The third-order valence-corrected chi connectivity index (χ3v) is 5.87. The highest BCUT2D eigenvalue weighted by molar-refractivity contribution is 8.01. The minimum atomic E-state index is -1.14. The smallest absolute Gasteiger partial charge is 0.356 e. The quantitative estimate of drug-likeness (QED) is 0.574. The molecule has 1 amide bonds. The van der Waals surface area contributed by atoms with E-state index in [1.807, 2.05) is 6.92 Å². The number of carboxylic acids is 1. The summed E-state index contributed by atoms with van der Waals surface area (Å²) in [5, 5.41) is 21.3. The van der Waals surface area contributed by atoms with Crippen molar-refractivity contribution >= 4 is 35.0 Å². The van der Waals surface area contributed by atoms with Crippen molar-refractivity contribution in [2.75, 3.05) is 12.3 Å². The van der Waals surface area contributed by atoms with Gasteiger partial charge in [-0.05, 0) is 6.92 Å². The minimum absolute atomic E-state index is 0.0417. The largest absolute Gasteiger partial charge is 0.488 e. The van der Waals surface area contributed by atoms with Crippen LogP contribution in [0.3, 0.4) is 0 Å². The Morgan fingerprint density at radius 1 is 1.59 bits per heavy atom. The first-order valence-electron chi connectivity index (χ1n) is 6.68. The number of amides is 1. The number of rotatable bonds is 4. The number of hydrogen-bond donors (Lipinski definition) is 2. The topological polar surface area (TPSA) is 105 Å². The SMILES string of the molecule is Cc1nnc(SCC2=C(C(=O)O)N3C(=O)[C@H]4NC[C@@H](O2)[C@H]43)s1. The molecular formula is C12H12N4O4S2. The van der Waals surface area contributed by atoms with Crippen molar-refractivity contribution in [3.8, 4) is 0 Å². The molecule has 0 saturated carbocycles. The molecule has 4 rings (SSSR count). The summed E-state index contributed by atoms with van der Waals surface area (Å²) in [5.74, 6) is -0.695. The number of carbonyl (C=O) groups excluding carboxylic acids is 1. The Morgan fingerprint density at radius 3 is 3.09 bits per heavy atom. The van der Waals surface area contributed by atoms with Crippen LogP contribution in [0.25, 0.3) is 0 Å². The van der Waals surface area contributed by atoms with Gasteiger partial charge >= 0.3 is 5.97 Å². The van der Waals surface area contributed by atoms with Crippen LogP contribution >= 0.6 is 23.1 Å². The van der Waals surface area contributed by atoms with Gasteiger partial charge in [-0.1, -0.05) is 23.1 Å². The van der Waals surface area contributed by atoms with Crippen LogP contribution in [-0.2, 0) is 14.3 Å². The van der Waals surface area contributed by atoms with Gasteiger partial charge in [-0.25, -0.2) is 4.79 Å². The molecule has 2 saturated heterocycles. The summed E-state index contributed by atoms with van der Waals surface area (Å²) in [7, 11) is 0. The molecule has 0 spiro atoms. The van der Waals surface area contributed by atoms with Crippen molar-refractivity contribution in [1.29, 1.82) is 0 Å². The zero-order valence-electron chi connectivity index (χ0n) is 11.5. The summed E-state index contributed by atoms with van der Waals surface area (Å²) in [6.45, 7) is 2.41. The van der Waals surface area contributed by atoms with E-state index in [0.29, 0.717) is 18.1 Å². The van der Waals surface area contributed by atoms with Crippen molar-refractivity contribution in [2.24, 2.45) is 0 Å². The highest BCUT2D eigenvalue weighted by Crippen LogP contribution is 2.40. The number of aliphatic carboxylic acids is 1. The van der Waals surface area contributed by atoms with Crippen LogP contribution in [0, 0.1) is 6.92 Å². The number of hydrogen-bond acceptors (Lipinski definition) is 8. The summed E-state index contributed by atoms with van der Waals surface area (Å²) < 4.78 is 6.59. The first kappa shape index (κ1) is 14.0. The molecule has 3 atom stereocenters. The number of nitrogens with one attached hydrogen (secondary N) is 1. The monoisotopic (exact) mass is 340 g/mol. The molecule has 116 valence electrons. The second kappa shape index (κ2) is 4.93. The molecule has 0 bridgehead atoms. The lowest BCUT2D eigenvalue weighted by atomic mass is 9.92. The molecule has 2 fully saturated rings. The van der Waals surface area contributed by atoms with Crippen LogP contribution in [0.4, 0.5) is 0 Å². The van der Waals surface area contributed by atoms with Crippen molar-refractivity contribution in [3.63, 3.8) is 0 Å². The number of thioether (sulfide) groups is 1. The van der Waals surface area contributed by atoms with Gasteiger partial charge in [0, 0.05) is 6.54 Å². The molecule has 10 heteroatoms. The van der Waals surface area contributed by atoms with Gasteiger partial charge in [0.05, 0.1) is 11.8 Å². The normalized spacial score (nSPS) is 29.2. The van der Waals surface area contributed by atoms with Gasteiger partial charge in [0.2, 0.25) is 5.91 Å². The zero-order valence-corrected chi connectivity index (χ0v) is 13.1. The predicted molar refractivity (Wildman–Crippen MR) is 77.3 cm³/mol. The molecule has 1 aromatic heterocycles. The summed E-state index contributed by atoms with van der Waals surface area (Å²) >= 11 is 2.80. The minimum Gasteiger partial charge on any atom is -0.488 e. The van der Waals surface area contributed by atoms with Crippen molar-refractivity contribution < 1.29 is 19.4 Å². The Bertz CT molecular complexity index is 703. The summed E-state index contributed by atoms with van der Waals surface area (Å²) in [4.78, 5) is 25.0. The second-order valence-electron chi connectivity index (χ2n) is 5.19. The van der Waals surface area contributed by atoms with Crippen LogP contribution in [0.15, 0.2) is 15.8 Å². The molecule has 1 aromatic rings. The molecule has 22 heavy (non-hydrogen) atoms. The molecule has 0 aliphatic carbocycles. The first-order chi connectivity index (χ1) is 10.6. The molecule has 3 aliphatic heterocycles. The molecule has 0 radical (unpaired) electrons. The number of carbonyl (C=O) groups is 2. The number of ether oxygens (including phenoxy) is 1. The Hall–Kier alpha value is -1.65. The highest BCUT2D eigenvalue weighted by Gasteiger charge is 2.61. The maximum Gasteiger partial charge on any atom is 0.356 e. The fraction of sp³-hybridized carbons (Fsp3) is 0.500. The van der Waals surface area contributed by atoms with Gasteiger partial charge < -0.3 is 15.2 Å². The third-order valence-electron chi connectivity index (χ3n) is 3.90. The molecule has 8 nitrogen and oxygen atoms in total. The first-order valence-corrected chi connectivity index (χ1v) is 8.49. The molecular weight excluding hydrogens is 328 g/mol. The Kier molecular flexibility index (Phi) is 3.13. The van der Waals surface area contributed by atoms with Crippen LogP contribution < -0.4 is 5.32 Å². The number of aromatic nitrogens is 2. The van der Waals surface area contributed by atoms with Crippen LogP contribution in [0.5, 0.6) is 0 Å². The van der Waals surface area contributed by atoms with Gasteiger partial charge in [0.25, 0.3) is 0 Å². The maximum absolute atomic E-state index is 12.1. The molecule has 3 aliphatic rings. The van der Waals surface area contributed by atoms with Gasteiger partial charge in [0.1, 0.15) is 22.9 Å². The standard InChI is InChI=1S/C12H12N4O4S2/c1-4-14-15-12(22-4)21-3-6-9(11(18)19)16-8-5(20-6)2-13-7(8)10(16)17/h5,7-8,13H,2-3H2,1H3,(H,18,19)/t5-,7+,8-/m1/s1. The van der Waals surface area contributed by atoms with Crippen molar-refractivity contribution in [1.82, 2.24) is 20.4 Å². The number of nitrogens with zero attached hydrogens (tertiary/aromatic N) is 3. The Morgan fingerprint density at radius 2 is 2.41 bits per heavy atom. The van der Waals surface area contributed by atoms with Gasteiger partial charge in [-0.3, -0.25) is 9.69 Å². The number of β-lactam (4-membered cyclic amide) rings is 1. The van der Waals surface area contributed by atoms with Crippen LogP contribution in [0.2, 0.25) is 0 Å². The van der Waals surface area contributed by atoms with E-state index >= 15 is 0 Å². The van der Waals surface area contributed by atoms with E-state index in [4.69, 9.17) is 4.74 Å². The highest BCUT2D eigenvalue weighted by atomic mass is 32.2. The molecule has 4 heterocycles. The van der Waals surface area contributed by atoms with Gasteiger partial charge in [-0.15, -0.1) is 10.2 Å². The second-order valence-corrected chi connectivity index (χ2v) is 7.60. The van der Waals surface area contributed by atoms with E-state index in [0.717, 1.165) is 9.35 Å². The zero-order chi connectivity index (χ0) is 15.4. The van der Waals surface area contributed by atoms with E-state index < -0.39 is 5.97 Å². The van der Waals surface area contributed by atoms with Crippen LogP contribution in [0.1, 0.15) is 5.01 Å². The molecule has 0 unspecified atom stereocenters. The van der Waals surface area contributed by atoms with E-state index in [-0.39, 0.29) is 29.8 Å². The molecule has 0 aromatic carbocycles. The Labute approximate surface area is 133 Å². The van der Waals surface area contributed by atoms with Crippen LogP contribution in [-0.4, -0.2) is 62.6 Å². The summed E-state index contributed by atoms with van der Waals surface area (Å²) in [6.07, 6.45) is -0.183. The molecule has 2 N–H and O–H groups in total. The fourth-order valence-corrected chi connectivity index (χ4v) is 4.74. The lowest BCUT2D eigenvalue weighted by molar-refractivity contribution is -0.158. The lowest BCUT2D eigenvalue weighted by Crippen LogP contribution is -2.69. The van der Waals surface area contributed by atoms with E-state index in [1.165, 1.54) is 28.0 Å². The summed E-state index contributed by atoms with van der Waals surface area (Å²) in [6, 6.07) is -0.504. The maximum atomic E-state index is 12.1. The van der Waals surface area contributed by atoms with Crippen molar-refractivity contribution in [3.05, 3.63) is 16.5 Å². The number of carboxylic acid groups (broad SMARTS) is 1.